The van der Waals surface area contributed by atoms with Crippen LogP contribution in [0.3, 0.4) is 0 Å². The van der Waals surface area contributed by atoms with E-state index >= 15 is 0 Å². The molecule has 0 aromatic heterocycles. The first kappa shape index (κ1) is 16.5. The molecular formula is C13H13Cl2NO4. The van der Waals surface area contributed by atoms with Gasteiger partial charge in [-0.3, -0.25) is 0 Å². The number of halogens is 2. The quantitative estimate of drug-likeness (QED) is 0.728. The van der Waals surface area contributed by atoms with Gasteiger partial charge in [-0.15, -0.1) is 0 Å². The van der Waals surface area contributed by atoms with E-state index < -0.39 is 11.9 Å². The van der Waals surface area contributed by atoms with Crippen LogP contribution in [0.2, 0.25) is 10.0 Å². The van der Waals surface area contributed by atoms with Gasteiger partial charge in [-0.25, -0.2) is 9.59 Å². The van der Waals surface area contributed by atoms with E-state index in [0.29, 0.717) is 22.2 Å². The fourth-order valence-electron chi connectivity index (χ4n) is 1.77. The lowest BCUT2D eigenvalue weighted by Crippen LogP contribution is -2.04. The lowest BCUT2D eigenvalue weighted by Gasteiger charge is -2.05. The van der Waals surface area contributed by atoms with E-state index in [9.17, 15) is 9.59 Å². The summed E-state index contributed by atoms with van der Waals surface area (Å²) in [5, 5.41) is 16.9. The fraction of sp³-hybridized carbons (Fsp3) is 0.231. The molecule has 0 heterocycles. The molecule has 0 amide bonds. The second-order valence-corrected chi connectivity index (χ2v) is 4.93. The van der Waals surface area contributed by atoms with E-state index in [2.05, 4.69) is 0 Å². The Balaban J connectivity index is 0.000000221. The molecule has 1 unspecified atom stereocenters. The third-order valence-corrected chi connectivity index (χ3v) is 3.40. The van der Waals surface area contributed by atoms with Crippen molar-refractivity contribution in [3.63, 3.8) is 0 Å². The van der Waals surface area contributed by atoms with Crippen molar-refractivity contribution in [1.82, 2.24) is 0 Å². The predicted molar refractivity (Wildman–Crippen MR) is 76.1 cm³/mol. The lowest BCUT2D eigenvalue weighted by molar-refractivity contribution is -0.134. The molecule has 1 aromatic carbocycles. The van der Waals surface area contributed by atoms with Gasteiger partial charge in [0.1, 0.15) is 0 Å². The number of nitrogens with two attached hydrogens (primary N) is 1. The molecule has 7 heteroatoms. The highest BCUT2D eigenvalue weighted by Gasteiger charge is 2.20. The summed E-state index contributed by atoms with van der Waals surface area (Å²) in [6.07, 6.45) is 3.14. The Morgan fingerprint density at radius 3 is 2.15 bits per heavy atom. The van der Waals surface area contributed by atoms with E-state index in [4.69, 9.17) is 39.1 Å². The van der Waals surface area contributed by atoms with Crippen LogP contribution in [0.5, 0.6) is 0 Å². The van der Waals surface area contributed by atoms with E-state index in [1.165, 1.54) is 5.56 Å². The molecule has 108 valence electrons. The van der Waals surface area contributed by atoms with Gasteiger partial charge < -0.3 is 15.9 Å². The Hall–Kier alpha value is -1.56. The maximum atomic E-state index is 9.55. The molecule has 1 aliphatic rings. The Morgan fingerprint density at radius 2 is 1.65 bits per heavy atom. The molecule has 0 fully saturated rings. The second-order valence-electron chi connectivity index (χ2n) is 4.12. The first-order valence-corrected chi connectivity index (χ1v) is 6.44. The van der Waals surface area contributed by atoms with Crippen molar-refractivity contribution in [2.75, 3.05) is 0 Å². The van der Waals surface area contributed by atoms with Crippen LogP contribution in [0.4, 0.5) is 0 Å². The minimum Gasteiger partial charge on any atom is -0.478 e. The second kappa shape index (κ2) is 7.28. The number of carbonyl (C=O) groups is 2. The first-order valence-electron chi connectivity index (χ1n) is 5.68. The topological polar surface area (TPSA) is 101 Å². The first-order chi connectivity index (χ1) is 9.31. The fourth-order valence-corrected chi connectivity index (χ4v) is 2.13. The standard InChI is InChI=1S/C9H9Cl2N.C4H4O4/c10-7-3-5-1-2-9(12)6(5)4-8(7)11;5-3(6)1-2-4(7)8/h3-4,9H,1-2,12H2;1-2H,(H,5,6)(H,7,8)/b;2-1-. The van der Waals surface area contributed by atoms with Crippen LogP contribution in [-0.4, -0.2) is 22.2 Å². The minimum atomic E-state index is -1.26. The highest BCUT2D eigenvalue weighted by molar-refractivity contribution is 6.42. The summed E-state index contributed by atoms with van der Waals surface area (Å²) in [5.41, 5.74) is 8.27. The maximum absolute atomic E-state index is 9.55. The number of aliphatic carboxylic acids is 2. The summed E-state index contributed by atoms with van der Waals surface area (Å²) in [4.78, 5) is 19.1. The summed E-state index contributed by atoms with van der Waals surface area (Å²) < 4.78 is 0. The van der Waals surface area contributed by atoms with Gasteiger partial charge in [-0.2, -0.15) is 0 Å². The summed E-state index contributed by atoms with van der Waals surface area (Å²) >= 11 is 11.7. The van der Waals surface area contributed by atoms with Crippen molar-refractivity contribution in [3.05, 3.63) is 45.5 Å². The average Bonchev–Trinajstić information content (AvgIpc) is 2.70. The number of fused-ring (bicyclic) bond motifs is 1. The van der Waals surface area contributed by atoms with Crippen molar-refractivity contribution in [1.29, 1.82) is 0 Å². The number of rotatable bonds is 2. The van der Waals surface area contributed by atoms with Gasteiger partial charge in [-0.1, -0.05) is 23.2 Å². The Kier molecular flexibility index (Phi) is 6.01. The zero-order valence-corrected chi connectivity index (χ0v) is 11.9. The Labute approximate surface area is 125 Å². The monoisotopic (exact) mass is 317 g/mol. The molecule has 4 N–H and O–H groups in total. The molecule has 0 radical (unpaired) electrons. The maximum Gasteiger partial charge on any atom is 0.328 e. The van der Waals surface area contributed by atoms with Gasteiger partial charge in [0.2, 0.25) is 0 Å². The van der Waals surface area contributed by atoms with E-state index in [0.717, 1.165) is 18.4 Å². The van der Waals surface area contributed by atoms with Crippen LogP contribution in [0.1, 0.15) is 23.6 Å². The summed E-state index contributed by atoms with van der Waals surface area (Å²) in [6.45, 7) is 0. The largest absolute Gasteiger partial charge is 0.478 e. The molecule has 0 bridgehead atoms. The smallest absolute Gasteiger partial charge is 0.328 e. The Morgan fingerprint density at radius 1 is 1.15 bits per heavy atom. The van der Waals surface area contributed by atoms with Gasteiger partial charge in [0.05, 0.1) is 10.0 Å². The van der Waals surface area contributed by atoms with Gasteiger partial charge in [0.15, 0.2) is 0 Å². The van der Waals surface area contributed by atoms with Crippen LogP contribution in [0, 0.1) is 0 Å². The number of hydrogen-bond acceptors (Lipinski definition) is 3. The van der Waals surface area contributed by atoms with Crippen LogP contribution < -0.4 is 5.73 Å². The van der Waals surface area contributed by atoms with Gasteiger partial charge in [0.25, 0.3) is 0 Å². The van der Waals surface area contributed by atoms with Crippen molar-refractivity contribution >= 4 is 35.1 Å². The summed E-state index contributed by atoms with van der Waals surface area (Å²) in [5.74, 6) is -2.51. The summed E-state index contributed by atoms with van der Waals surface area (Å²) in [7, 11) is 0. The molecule has 1 atom stereocenters. The van der Waals surface area contributed by atoms with Crippen LogP contribution in [-0.2, 0) is 16.0 Å². The third kappa shape index (κ3) is 4.85. The zero-order valence-electron chi connectivity index (χ0n) is 10.3. The molecule has 0 saturated heterocycles. The van der Waals surface area contributed by atoms with Crippen molar-refractivity contribution < 1.29 is 19.8 Å². The summed E-state index contributed by atoms with van der Waals surface area (Å²) in [6, 6.07) is 3.96. The van der Waals surface area contributed by atoms with E-state index in [1.54, 1.807) is 0 Å². The average molecular weight is 318 g/mol. The van der Waals surface area contributed by atoms with E-state index in [-0.39, 0.29) is 6.04 Å². The van der Waals surface area contributed by atoms with Crippen molar-refractivity contribution in [2.24, 2.45) is 5.73 Å². The molecule has 0 saturated carbocycles. The molecule has 2 rings (SSSR count). The van der Waals surface area contributed by atoms with Crippen molar-refractivity contribution in [2.45, 2.75) is 18.9 Å². The van der Waals surface area contributed by atoms with E-state index in [1.807, 2.05) is 12.1 Å². The zero-order chi connectivity index (χ0) is 15.3. The SMILES string of the molecule is NC1CCc2cc(Cl)c(Cl)cc21.O=C(O)/C=C\C(=O)O. The molecule has 0 aliphatic heterocycles. The molecule has 1 aliphatic carbocycles. The van der Waals surface area contributed by atoms with Crippen LogP contribution in [0.25, 0.3) is 0 Å². The predicted octanol–water partition coefficient (Wildman–Crippen LogP) is 2.65. The molecule has 5 nitrogen and oxygen atoms in total. The van der Waals surface area contributed by atoms with Gasteiger partial charge >= 0.3 is 11.9 Å². The highest BCUT2D eigenvalue weighted by atomic mass is 35.5. The molecule has 20 heavy (non-hydrogen) atoms. The lowest BCUT2D eigenvalue weighted by atomic mass is 10.1. The normalized spacial score (nSPS) is 16.4. The number of carboxylic acid groups (broad SMARTS) is 2. The molecule has 0 spiro atoms. The Bertz CT molecular complexity index is 542. The van der Waals surface area contributed by atoms with Crippen LogP contribution >= 0.6 is 23.2 Å². The van der Waals surface area contributed by atoms with Crippen LogP contribution in [0.15, 0.2) is 24.3 Å². The molecule has 1 aromatic rings. The minimum absolute atomic E-state index is 0.148. The highest BCUT2D eigenvalue weighted by Crippen LogP contribution is 2.35. The number of aryl methyl sites for hydroxylation is 1. The number of hydrogen-bond donors (Lipinski definition) is 3. The third-order valence-electron chi connectivity index (χ3n) is 2.67. The van der Waals surface area contributed by atoms with Gasteiger partial charge in [-0.05, 0) is 36.1 Å². The number of carboxylic acids is 2. The number of benzene rings is 1. The van der Waals surface area contributed by atoms with Gasteiger partial charge in [0, 0.05) is 18.2 Å². The molecular weight excluding hydrogens is 305 g/mol. The van der Waals surface area contributed by atoms with Crippen molar-refractivity contribution in [3.8, 4) is 0 Å².